The average Bonchev–Trinajstić information content (AvgIpc) is 3.43. The highest BCUT2D eigenvalue weighted by Crippen LogP contribution is 2.38. The normalized spacial score (nSPS) is 13.4. The van der Waals surface area contributed by atoms with Crippen molar-refractivity contribution in [2.24, 2.45) is 0 Å². The number of nitrogens with zero attached hydrogens (tertiary/aromatic N) is 4. The van der Waals surface area contributed by atoms with Crippen LogP contribution < -0.4 is 0 Å². The zero-order valence-corrected chi connectivity index (χ0v) is 24.9. The van der Waals surface area contributed by atoms with Crippen molar-refractivity contribution in [3.8, 4) is 23.1 Å². The van der Waals surface area contributed by atoms with E-state index in [1.807, 2.05) is 0 Å². The van der Waals surface area contributed by atoms with Crippen LogP contribution in [0.5, 0.6) is 0 Å². The van der Waals surface area contributed by atoms with Gasteiger partial charge < -0.3 is 14.9 Å². The third kappa shape index (κ3) is 6.55. The molecule has 1 aliphatic rings. The number of benzene rings is 4. The summed E-state index contributed by atoms with van der Waals surface area (Å²) in [5, 5.41) is 13.3. The van der Waals surface area contributed by atoms with Crippen molar-refractivity contribution >= 4 is 22.9 Å². The molecule has 5 aromatic rings. The number of alkyl halides is 3. The molecule has 0 spiro atoms. The zero-order chi connectivity index (χ0) is 34.2. The van der Waals surface area contributed by atoms with Crippen LogP contribution in [0, 0.1) is 29.3 Å². The number of carbonyl (C=O) groups is 2. The molecular weight excluding hydrogens is 638 g/mol. The van der Waals surface area contributed by atoms with E-state index in [1.54, 1.807) is 53.4 Å². The van der Waals surface area contributed by atoms with Crippen LogP contribution in [0.25, 0.3) is 22.2 Å². The van der Waals surface area contributed by atoms with Crippen LogP contribution >= 0.6 is 0 Å². The van der Waals surface area contributed by atoms with Crippen molar-refractivity contribution in [1.29, 1.82) is 0 Å². The Balaban J connectivity index is 1.29. The third-order valence-corrected chi connectivity index (χ3v) is 7.95. The average molecular weight is 663 g/mol. The monoisotopic (exact) mass is 662 g/mol. The van der Waals surface area contributed by atoms with Gasteiger partial charge in [0.25, 0.3) is 5.91 Å². The molecule has 0 aliphatic carbocycles. The third-order valence-electron chi connectivity index (χ3n) is 7.95. The van der Waals surface area contributed by atoms with E-state index >= 15 is 0 Å². The highest BCUT2D eigenvalue weighted by atomic mass is 19.4. The fraction of sp³-hybridized carbons (Fsp3) is 0.171. The van der Waals surface area contributed by atoms with Crippen molar-refractivity contribution in [2.75, 3.05) is 26.2 Å². The maximum atomic E-state index is 14.6. The Morgan fingerprint density at radius 3 is 2.06 bits per heavy atom. The number of amides is 2. The predicted molar refractivity (Wildman–Crippen MR) is 164 cm³/mol. The lowest BCUT2D eigenvalue weighted by molar-refractivity contribution is -0.136. The molecule has 1 aromatic heterocycles. The fourth-order valence-corrected chi connectivity index (χ4v) is 5.54. The van der Waals surface area contributed by atoms with E-state index in [2.05, 4.69) is 16.9 Å². The van der Waals surface area contributed by atoms with Crippen molar-refractivity contribution in [3.05, 3.63) is 124 Å². The molecule has 13 heteroatoms. The van der Waals surface area contributed by atoms with Crippen molar-refractivity contribution in [3.63, 3.8) is 0 Å². The Labute approximate surface area is 269 Å². The van der Waals surface area contributed by atoms with Crippen LogP contribution in [0.2, 0.25) is 0 Å². The summed E-state index contributed by atoms with van der Waals surface area (Å²) in [7, 11) is 0. The van der Waals surface area contributed by atoms with Gasteiger partial charge >= 0.3 is 12.3 Å². The highest BCUT2D eigenvalue weighted by molar-refractivity contribution is 5.96. The van der Waals surface area contributed by atoms with Crippen LogP contribution in [-0.2, 0) is 12.7 Å². The molecule has 1 N–H and O–H groups in total. The molecule has 244 valence electrons. The van der Waals surface area contributed by atoms with Crippen LogP contribution in [0.3, 0.4) is 0 Å². The Morgan fingerprint density at radius 1 is 0.792 bits per heavy atom. The summed E-state index contributed by atoms with van der Waals surface area (Å²) in [6, 6.07) is 17.6. The maximum Gasteiger partial charge on any atom is 0.418 e. The van der Waals surface area contributed by atoms with E-state index < -0.39 is 52.9 Å². The minimum atomic E-state index is -4.75. The van der Waals surface area contributed by atoms with Gasteiger partial charge in [-0.25, -0.2) is 18.0 Å². The van der Waals surface area contributed by atoms with Gasteiger partial charge in [0.1, 0.15) is 23.0 Å². The minimum absolute atomic E-state index is 0.0949. The molecule has 2 heterocycles. The Kier molecular flexibility index (Phi) is 8.58. The summed E-state index contributed by atoms with van der Waals surface area (Å²) in [5.74, 6) is 2.19. The topological polar surface area (TPSA) is 78.7 Å². The van der Waals surface area contributed by atoms with Gasteiger partial charge in [-0.2, -0.15) is 18.3 Å². The highest BCUT2D eigenvalue weighted by Gasteiger charge is 2.35. The van der Waals surface area contributed by atoms with Crippen LogP contribution in [0.1, 0.15) is 32.6 Å². The van der Waals surface area contributed by atoms with E-state index in [0.29, 0.717) is 34.4 Å². The van der Waals surface area contributed by atoms with E-state index in [1.165, 1.54) is 17.0 Å². The lowest BCUT2D eigenvalue weighted by atomic mass is 10.0. The first-order chi connectivity index (χ1) is 22.9. The van der Waals surface area contributed by atoms with Gasteiger partial charge in [0.2, 0.25) is 0 Å². The number of carbonyl (C=O) groups excluding carboxylic acids is 1. The predicted octanol–water partition coefficient (Wildman–Crippen LogP) is 7.02. The van der Waals surface area contributed by atoms with Gasteiger partial charge in [0.05, 0.1) is 17.8 Å². The summed E-state index contributed by atoms with van der Waals surface area (Å²) in [6.07, 6.45) is -5.78. The number of rotatable bonds is 4. The summed E-state index contributed by atoms with van der Waals surface area (Å²) in [5.41, 5.74) is 0.0206. The summed E-state index contributed by atoms with van der Waals surface area (Å²) >= 11 is 0. The number of halogens is 6. The smallest absolute Gasteiger partial charge is 0.418 e. The second kappa shape index (κ2) is 12.8. The molecular formula is C35H24F6N4O3. The number of hydrogen-bond donors (Lipinski definition) is 1. The van der Waals surface area contributed by atoms with Crippen LogP contribution in [0.15, 0.2) is 78.9 Å². The molecule has 0 atom stereocenters. The molecule has 0 radical (unpaired) electrons. The fourth-order valence-electron chi connectivity index (χ4n) is 5.54. The van der Waals surface area contributed by atoms with Gasteiger partial charge in [-0.3, -0.25) is 9.48 Å². The lowest BCUT2D eigenvalue weighted by Gasteiger charge is -2.33. The zero-order valence-electron chi connectivity index (χ0n) is 24.9. The number of aromatic nitrogens is 2. The van der Waals surface area contributed by atoms with Gasteiger partial charge in [-0.15, -0.1) is 0 Å². The van der Waals surface area contributed by atoms with E-state index in [9.17, 15) is 35.9 Å². The Bertz CT molecular complexity index is 2080. The van der Waals surface area contributed by atoms with E-state index in [4.69, 9.17) is 5.11 Å². The Morgan fingerprint density at radius 2 is 1.42 bits per heavy atom. The first kappa shape index (κ1) is 32.2. The molecule has 48 heavy (non-hydrogen) atoms. The number of piperazine rings is 1. The van der Waals surface area contributed by atoms with Crippen molar-refractivity contribution in [2.45, 2.75) is 12.7 Å². The van der Waals surface area contributed by atoms with Crippen molar-refractivity contribution < 1.29 is 41.0 Å². The largest absolute Gasteiger partial charge is 0.465 e. The SMILES string of the molecule is O=C(O)N1CCN(C(=O)c2cccc(C#Cc3ccc(-c4c5cccc(C(F)(F)F)c5nn4Cc4c(F)cc(F)cc4F)cc3)c2)CC1. The molecule has 0 saturated carbocycles. The summed E-state index contributed by atoms with van der Waals surface area (Å²) in [4.78, 5) is 27.0. The number of hydrogen-bond acceptors (Lipinski definition) is 3. The molecule has 2 amide bonds. The van der Waals surface area contributed by atoms with Gasteiger partial charge in [-0.1, -0.05) is 42.2 Å². The summed E-state index contributed by atoms with van der Waals surface area (Å²) in [6.45, 7) is 0.373. The molecule has 1 aliphatic heterocycles. The second-order valence-corrected chi connectivity index (χ2v) is 11.0. The molecule has 7 nitrogen and oxygen atoms in total. The molecule has 0 bridgehead atoms. The standard InChI is InChI=1S/C35H24F6N4O3/c36-25-18-29(37)27(30(38)19-25)20-45-32(26-5-2-6-28(31(26)42-45)35(39,40)41)23-11-9-21(10-12-23)7-8-22-3-1-4-24(17-22)33(46)43-13-15-44(16-14-43)34(47)48/h1-6,9-12,17-19H,13-16,20H2,(H,47,48). The first-order valence-electron chi connectivity index (χ1n) is 14.6. The first-order valence-corrected chi connectivity index (χ1v) is 14.6. The van der Waals surface area contributed by atoms with Crippen LogP contribution in [-0.4, -0.2) is 62.9 Å². The maximum absolute atomic E-state index is 14.6. The molecule has 6 rings (SSSR count). The number of fused-ring (bicyclic) bond motifs is 1. The molecule has 1 saturated heterocycles. The molecule has 0 unspecified atom stereocenters. The van der Waals surface area contributed by atoms with Crippen LogP contribution in [0.4, 0.5) is 31.1 Å². The number of carboxylic acid groups (broad SMARTS) is 1. The van der Waals surface area contributed by atoms with Gasteiger partial charge in [0.15, 0.2) is 0 Å². The molecule has 1 fully saturated rings. The molecule has 4 aromatic carbocycles. The van der Waals surface area contributed by atoms with Crippen molar-refractivity contribution in [1.82, 2.24) is 19.6 Å². The second-order valence-electron chi connectivity index (χ2n) is 11.0. The van der Waals surface area contributed by atoms with Gasteiger partial charge in [-0.05, 0) is 36.4 Å². The van der Waals surface area contributed by atoms with E-state index in [-0.39, 0.29) is 43.2 Å². The van der Waals surface area contributed by atoms with E-state index in [0.717, 1.165) is 10.7 Å². The van der Waals surface area contributed by atoms with Gasteiger partial charge in [0, 0.05) is 71.5 Å². The lowest BCUT2D eigenvalue weighted by Crippen LogP contribution is -2.50. The Hall–Kier alpha value is -5.77. The summed E-state index contributed by atoms with van der Waals surface area (Å²) < 4.78 is 85.4. The minimum Gasteiger partial charge on any atom is -0.465 e. The quantitative estimate of drug-likeness (QED) is 0.166.